The third-order valence-electron chi connectivity index (χ3n) is 9.22. The number of anilines is 3. The molecule has 9 nitrogen and oxygen atoms in total. The minimum Gasteiger partial charge on any atom is -0.350 e. The van der Waals surface area contributed by atoms with E-state index in [0.717, 1.165) is 54.4 Å². The van der Waals surface area contributed by atoms with Gasteiger partial charge in [0.1, 0.15) is 17.3 Å². The van der Waals surface area contributed by atoms with E-state index in [2.05, 4.69) is 27.4 Å². The van der Waals surface area contributed by atoms with Crippen molar-refractivity contribution in [1.29, 1.82) is 0 Å². The van der Waals surface area contributed by atoms with E-state index >= 15 is 8.78 Å². The van der Waals surface area contributed by atoms with Crippen molar-refractivity contribution in [2.24, 2.45) is 5.92 Å². The summed E-state index contributed by atoms with van der Waals surface area (Å²) in [6, 6.07) is 8.68. The maximum absolute atomic E-state index is 15.2. The Kier molecular flexibility index (Phi) is 8.72. The molecule has 0 atom stereocenters. The second kappa shape index (κ2) is 12.7. The highest BCUT2D eigenvalue weighted by Crippen LogP contribution is 2.40. The molecule has 0 spiro atoms. The fourth-order valence-electron chi connectivity index (χ4n) is 6.61. The van der Waals surface area contributed by atoms with Crippen LogP contribution in [0.2, 0.25) is 0 Å². The van der Waals surface area contributed by atoms with Gasteiger partial charge in [0.05, 0.1) is 12.2 Å². The smallest absolute Gasteiger partial charge is 0.328 e. The first-order valence-corrected chi connectivity index (χ1v) is 15.9. The van der Waals surface area contributed by atoms with Gasteiger partial charge in [-0.2, -0.15) is 4.98 Å². The van der Waals surface area contributed by atoms with Crippen LogP contribution in [0.15, 0.2) is 36.4 Å². The summed E-state index contributed by atoms with van der Waals surface area (Å²) in [6.07, 6.45) is 4.33. The number of aryl methyl sites for hydroxylation is 1. The number of aromatic nitrogens is 2. The maximum atomic E-state index is 15.2. The molecule has 2 fully saturated rings. The van der Waals surface area contributed by atoms with Crippen LogP contribution in [0.4, 0.5) is 31.0 Å². The molecule has 238 valence electrons. The highest BCUT2D eigenvalue weighted by molar-refractivity contribution is 6.02. The molecule has 0 bridgehead atoms. The number of nitrogens with zero attached hydrogens (tertiary/aromatic N) is 5. The molecule has 3 aromatic rings. The van der Waals surface area contributed by atoms with Crippen LogP contribution in [-0.2, 0) is 6.54 Å². The Bertz CT molecular complexity index is 1580. The quantitative estimate of drug-likeness (QED) is 0.356. The van der Waals surface area contributed by atoms with Gasteiger partial charge >= 0.3 is 6.03 Å². The lowest BCUT2D eigenvalue weighted by Gasteiger charge is -2.41. The Hall–Kier alpha value is -4.12. The molecule has 6 rings (SSSR count). The van der Waals surface area contributed by atoms with E-state index in [-0.39, 0.29) is 24.3 Å². The zero-order chi connectivity index (χ0) is 31.8. The summed E-state index contributed by atoms with van der Waals surface area (Å²) in [5.74, 6) is -0.679. The van der Waals surface area contributed by atoms with Crippen LogP contribution in [-0.4, -0.2) is 65.1 Å². The Morgan fingerprint density at radius 2 is 1.69 bits per heavy atom. The number of rotatable bonds is 6. The molecule has 3 aliphatic heterocycles. The molecular weight excluding hydrogens is 576 g/mol. The number of benzene rings is 2. The second-order valence-electron chi connectivity index (χ2n) is 12.8. The van der Waals surface area contributed by atoms with E-state index in [4.69, 9.17) is 9.97 Å². The molecule has 2 aromatic carbocycles. The van der Waals surface area contributed by atoms with Crippen molar-refractivity contribution in [3.8, 4) is 11.3 Å². The van der Waals surface area contributed by atoms with Gasteiger partial charge in [-0.05, 0) is 95.3 Å². The molecule has 0 saturated carbocycles. The zero-order valence-electron chi connectivity index (χ0n) is 26.4. The van der Waals surface area contributed by atoms with Crippen LogP contribution in [0, 0.1) is 24.5 Å². The normalized spacial score (nSPS) is 18.2. The first-order valence-electron chi connectivity index (χ1n) is 15.9. The fourth-order valence-corrected chi connectivity index (χ4v) is 6.61. The molecule has 45 heavy (non-hydrogen) atoms. The summed E-state index contributed by atoms with van der Waals surface area (Å²) >= 11 is 0. The van der Waals surface area contributed by atoms with Crippen LogP contribution in [0.5, 0.6) is 0 Å². The van der Waals surface area contributed by atoms with Crippen LogP contribution < -0.4 is 20.4 Å². The van der Waals surface area contributed by atoms with Gasteiger partial charge < -0.3 is 20.4 Å². The first kappa shape index (κ1) is 30.9. The summed E-state index contributed by atoms with van der Waals surface area (Å²) < 4.78 is 30.3. The summed E-state index contributed by atoms with van der Waals surface area (Å²) in [4.78, 5) is 41.8. The molecule has 3 amide bonds. The van der Waals surface area contributed by atoms with Gasteiger partial charge in [-0.1, -0.05) is 19.1 Å². The average molecular weight is 618 g/mol. The van der Waals surface area contributed by atoms with E-state index in [9.17, 15) is 9.59 Å². The Balaban J connectivity index is 1.44. The van der Waals surface area contributed by atoms with Gasteiger partial charge in [-0.25, -0.2) is 23.5 Å². The number of hydrogen-bond acceptors (Lipinski definition) is 6. The van der Waals surface area contributed by atoms with Crippen molar-refractivity contribution in [3.63, 3.8) is 0 Å². The molecular formula is C34H41F2N7O2. The Morgan fingerprint density at radius 1 is 1.00 bits per heavy atom. The molecule has 4 heterocycles. The molecule has 1 aromatic heterocycles. The highest BCUT2D eigenvalue weighted by Gasteiger charge is 2.36. The van der Waals surface area contributed by atoms with Crippen molar-refractivity contribution in [2.75, 3.05) is 36.0 Å². The van der Waals surface area contributed by atoms with Gasteiger partial charge in [0, 0.05) is 41.9 Å². The number of carbonyl (C=O) groups is 2. The molecule has 3 aliphatic rings. The van der Waals surface area contributed by atoms with Gasteiger partial charge in [-0.15, -0.1) is 0 Å². The largest absolute Gasteiger partial charge is 0.350 e. The van der Waals surface area contributed by atoms with Gasteiger partial charge in [0.15, 0.2) is 5.82 Å². The lowest BCUT2D eigenvalue weighted by molar-refractivity contribution is 0.0943. The number of halogens is 2. The maximum Gasteiger partial charge on any atom is 0.328 e. The predicted octanol–water partition coefficient (Wildman–Crippen LogP) is 5.93. The number of likely N-dealkylation sites (tertiary alicyclic amines) is 1. The molecule has 0 aliphatic carbocycles. The SMILES string of the molecule is Cc1ccc(C(=O)NC(C)C)cc1-c1nc(N2CCC(N3CCC(C)CC3)CC2)nc2c1CNC(=O)N2c1c(F)cccc1F. The number of para-hydroxylation sites is 1. The Morgan fingerprint density at radius 3 is 2.36 bits per heavy atom. The number of urea groups is 1. The van der Waals surface area contributed by atoms with E-state index in [0.29, 0.717) is 47.5 Å². The number of hydrogen-bond donors (Lipinski definition) is 2. The molecule has 11 heteroatoms. The van der Waals surface area contributed by atoms with Gasteiger partial charge in [0.2, 0.25) is 5.95 Å². The van der Waals surface area contributed by atoms with E-state index < -0.39 is 23.4 Å². The lowest BCUT2D eigenvalue weighted by atomic mass is 9.95. The average Bonchev–Trinajstić information content (AvgIpc) is 3.02. The Labute approximate surface area is 263 Å². The molecule has 2 N–H and O–H groups in total. The summed E-state index contributed by atoms with van der Waals surface area (Å²) in [5.41, 5.74) is 2.55. The number of fused-ring (bicyclic) bond motifs is 1. The molecule has 2 saturated heterocycles. The summed E-state index contributed by atoms with van der Waals surface area (Å²) in [6.45, 7) is 11.8. The predicted molar refractivity (Wildman–Crippen MR) is 171 cm³/mol. The zero-order valence-corrected chi connectivity index (χ0v) is 26.4. The first-order chi connectivity index (χ1) is 21.6. The van der Waals surface area contributed by atoms with Crippen molar-refractivity contribution in [1.82, 2.24) is 25.5 Å². The highest BCUT2D eigenvalue weighted by atomic mass is 19.1. The third kappa shape index (κ3) is 6.22. The van der Waals surface area contributed by atoms with Crippen LogP contribution in [0.25, 0.3) is 11.3 Å². The summed E-state index contributed by atoms with van der Waals surface area (Å²) in [7, 11) is 0. The summed E-state index contributed by atoms with van der Waals surface area (Å²) in [5, 5.41) is 5.68. The number of nitrogens with one attached hydrogen (secondary N) is 2. The molecule has 0 unspecified atom stereocenters. The van der Waals surface area contributed by atoms with E-state index in [1.165, 1.54) is 18.9 Å². The standard InChI is InChI=1S/C34H41F2N7O2/c1-20(2)38-32(44)23-9-8-22(4)25(18-23)29-26-19-37-34(45)43(30-27(35)6-5-7-28(30)36)31(26)40-33(39-29)42-16-12-24(13-17-42)41-14-10-21(3)11-15-41/h5-9,18,20-21,24H,10-17,19H2,1-4H3,(H,37,45)(H,38,44). The minimum atomic E-state index is -0.875. The number of amides is 3. The fraction of sp³-hybridized carbons (Fsp3) is 0.471. The van der Waals surface area contributed by atoms with Crippen LogP contribution >= 0.6 is 0 Å². The monoisotopic (exact) mass is 617 g/mol. The molecule has 0 radical (unpaired) electrons. The lowest BCUT2D eigenvalue weighted by Crippen LogP contribution is -2.48. The van der Waals surface area contributed by atoms with E-state index in [1.807, 2.05) is 26.8 Å². The van der Waals surface area contributed by atoms with E-state index in [1.54, 1.807) is 12.1 Å². The third-order valence-corrected chi connectivity index (χ3v) is 9.22. The second-order valence-corrected chi connectivity index (χ2v) is 12.8. The van der Waals surface area contributed by atoms with Crippen LogP contribution in [0.1, 0.15) is 67.9 Å². The van der Waals surface area contributed by atoms with Crippen molar-refractivity contribution >= 4 is 29.4 Å². The van der Waals surface area contributed by atoms with Gasteiger partial charge in [-0.3, -0.25) is 4.79 Å². The topological polar surface area (TPSA) is 93.7 Å². The van der Waals surface area contributed by atoms with Crippen LogP contribution in [0.3, 0.4) is 0 Å². The van der Waals surface area contributed by atoms with Crippen molar-refractivity contribution < 1.29 is 18.4 Å². The van der Waals surface area contributed by atoms with Crippen molar-refractivity contribution in [2.45, 2.75) is 72.0 Å². The number of piperidine rings is 2. The van der Waals surface area contributed by atoms with Crippen molar-refractivity contribution in [3.05, 3.63) is 64.7 Å². The minimum absolute atomic E-state index is 0.0450. The van der Waals surface area contributed by atoms with Gasteiger partial charge in [0.25, 0.3) is 5.91 Å². The number of carbonyl (C=O) groups excluding carboxylic acids is 2.